The van der Waals surface area contributed by atoms with Crippen LogP contribution in [0, 0.1) is 19.8 Å². The first-order chi connectivity index (χ1) is 9.70. The zero-order valence-corrected chi connectivity index (χ0v) is 12.5. The van der Waals surface area contributed by atoms with Crippen molar-refractivity contribution >= 4 is 5.96 Å². The Morgan fingerprint density at radius 3 is 2.65 bits per heavy atom. The summed E-state index contributed by atoms with van der Waals surface area (Å²) in [6.45, 7) is 7.23. The van der Waals surface area contributed by atoms with E-state index in [0.29, 0.717) is 12.5 Å². The molecule has 0 radical (unpaired) electrons. The Morgan fingerprint density at radius 1 is 1.30 bits per heavy atom. The average molecular weight is 280 g/mol. The summed E-state index contributed by atoms with van der Waals surface area (Å²) in [5, 5.41) is 10.6. The summed E-state index contributed by atoms with van der Waals surface area (Å²) >= 11 is 0. The lowest BCUT2D eigenvalue weighted by molar-refractivity contribution is 0.0675. The van der Waals surface area contributed by atoms with Crippen molar-refractivity contribution in [2.75, 3.05) is 26.8 Å². The molecule has 1 aliphatic heterocycles. The number of nitrogens with one attached hydrogen (secondary N) is 2. The molecule has 1 saturated heterocycles. The van der Waals surface area contributed by atoms with E-state index in [0.717, 1.165) is 55.6 Å². The molecule has 6 heteroatoms. The van der Waals surface area contributed by atoms with Crippen molar-refractivity contribution in [3.8, 4) is 0 Å². The lowest BCUT2D eigenvalue weighted by Crippen LogP contribution is -2.40. The minimum Gasteiger partial charge on any atom is -0.381 e. The summed E-state index contributed by atoms with van der Waals surface area (Å²) < 4.78 is 10.5. The second-order valence-electron chi connectivity index (χ2n) is 5.17. The zero-order valence-electron chi connectivity index (χ0n) is 12.5. The molecule has 1 aromatic rings. The molecule has 0 unspecified atom stereocenters. The molecule has 1 fully saturated rings. The maximum atomic E-state index is 5.36. The van der Waals surface area contributed by atoms with E-state index >= 15 is 0 Å². The SMILES string of the molecule is CN=C(NCc1c(C)noc1C)NCC1CCOCC1. The van der Waals surface area contributed by atoms with E-state index in [1.807, 2.05) is 13.8 Å². The highest BCUT2D eigenvalue weighted by Crippen LogP contribution is 2.13. The summed E-state index contributed by atoms with van der Waals surface area (Å²) in [6.07, 6.45) is 2.24. The third kappa shape index (κ3) is 3.96. The Bertz CT molecular complexity index is 431. The van der Waals surface area contributed by atoms with Gasteiger partial charge in [0.2, 0.25) is 0 Å². The molecule has 0 saturated carbocycles. The van der Waals surface area contributed by atoms with E-state index in [-0.39, 0.29) is 0 Å². The Kier molecular flexibility index (Phi) is 5.40. The summed E-state index contributed by atoms with van der Waals surface area (Å²) in [7, 11) is 1.78. The molecular formula is C14H24N4O2. The Balaban J connectivity index is 1.78. The summed E-state index contributed by atoms with van der Waals surface area (Å²) in [6, 6.07) is 0. The van der Waals surface area contributed by atoms with Gasteiger partial charge in [-0.15, -0.1) is 0 Å². The largest absolute Gasteiger partial charge is 0.381 e. The first kappa shape index (κ1) is 14.8. The van der Waals surface area contributed by atoms with Gasteiger partial charge in [-0.05, 0) is 32.6 Å². The van der Waals surface area contributed by atoms with Gasteiger partial charge in [0.15, 0.2) is 5.96 Å². The van der Waals surface area contributed by atoms with Crippen LogP contribution in [0.3, 0.4) is 0 Å². The van der Waals surface area contributed by atoms with E-state index in [1.54, 1.807) is 7.05 Å². The lowest BCUT2D eigenvalue weighted by atomic mass is 10.0. The third-order valence-electron chi connectivity index (χ3n) is 3.74. The standard InChI is InChI=1S/C14H24N4O2/c1-10-13(11(2)20-18-10)9-17-14(15-3)16-8-12-4-6-19-7-5-12/h12H,4-9H2,1-3H3,(H2,15,16,17). The molecule has 1 aliphatic rings. The fourth-order valence-electron chi connectivity index (χ4n) is 2.34. The van der Waals surface area contributed by atoms with E-state index < -0.39 is 0 Å². The number of aryl methyl sites for hydroxylation is 2. The highest BCUT2D eigenvalue weighted by molar-refractivity contribution is 5.79. The van der Waals surface area contributed by atoms with Crippen molar-refractivity contribution in [2.45, 2.75) is 33.2 Å². The monoisotopic (exact) mass is 280 g/mol. The fourth-order valence-corrected chi connectivity index (χ4v) is 2.34. The average Bonchev–Trinajstić information content (AvgIpc) is 2.80. The first-order valence-electron chi connectivity index (χ1n) is 7.14. The highest BCUT2D eigenvalue weighted by atomic mass is 16.5. The molecule has 0 aromatic carbocycles. The second kappa shape index (κ2) is 7.28. The van der Waals surface area contributed by atoms with Gasteiger partial charge in [-0.1, -0.05) is 5.16 Å². The number of aromatic nitrogens is 1. The predicted octanol–water partition coefficient (Wildman–Crippen LogP) is 1.38. The Morgan fingerprint density at radius 2 is 2.05 bits per heavy atom. The second-order valence-corrected chi connectivity index (χ2v) is 5.17. The zero-order chi connectivity index (χ0) is 14.4. The molecule has 6 nitrogen and oxygen atoms in total. The molecule has 1 aromatic heterocycles. The van der Waals surface area contributed by atoms with Gasteiger partial charge in [0, 0.05) is 38.9 Å². The van der Waals surface area contributed by atoms with Crippen molar-refractivity contribution in [3.05, 3.63) is 17.0 Å². The van der Waals surface area contributed by atoms with E-state index in [4.69, 9.17) is 9.26 Å². The predicted molar refractivity (Wildman–Crippen MR) is 77.7 cm³/mol. The number of guanidine groups is 1. The van der Waals surface area contributed by atoms with Crippen LogP contribution in [0.25, 0.3) is 0 Å². The van der Waals surface area contributed by atoms with Crippen LogP contribution in [-0.2, 0) is 11.3 Å². The summed E-state index contributed by atoms with van der Waals surface area (Å²) in [5.41, 5.74) is 2.02. The van der Waals surface area contributed by atoms with Crippen molar-refractivity contribution in [1.82, 2.24) is 15.8 Å². The molecule has 0 atom stereocenters. The molecule has 20 heavy (non-hydrogen) atoms. The van der Waals surface area contributed by atoms with Crippen LogP contribution in [0.15, 0.2) is 9.52 Å². The van der Waals surface area contributed by atoms with Crippen LogP contribution in [0.4, 0.5) is 0 Å². The number of hydrogen-bond acceptors (Lipinski definition) is 4. The minimum absolute atomic E-state index is 0.668. The van der Waals surface area contributed by atoms with Gasteiger partial charge in [-0.3, -0.25) is 4.99 Å². The van der Waals surface area contributed by atoms with E-state index in [1.165, 1.54) is 0 Å². The molecule has 0 aliphatic carbocycles. The molecule has 0 bridgehead atoms. The Hall–Kier alpha value is -1.56. The van der Waals surface area contributed by atoms with Gasteiger partial charge in [-0.2, -0.15) is 0 Å². The maximum Gasteiger partial charge on any atom is 0.191 e. The number of aliphatic imine (C=N–C) groups is 1. The number of ether oxygens (including phenoxy) is 1. The summed E-state index contributed by atoms with van der Waals surface area (Å²) in [5.74, 6) is 2.34. The van der Waals surface area contributed by atoms with Crippen LogP contribution in [0.1, 0.15) is 29.9 Å². The van der Waals surface area contributed by atoms with Gasteiger partial charge < -0.3 is 19.9 Å². The topological polar surface area (TPSA) is 71.7 Å². The number of hydrogen-bond donors (Lipinski definition) is 2. The van der Waals surface area contributed by atoms with Crippen LogP contribution >= 0.6 is 0 Å². The van der Waals surface area contributed by atoms with Crippen molar-refractivity contribution in [2.24, 2.45) is 10.9 Å². The molecule has 0 amide bonds. The molecule has 2 N–H and O–H groups in total. The minimum atomic E-state index is 0.668. The maximum absolute atomic E-state index is 5.36. The lowest BCUT2D eigenvalue weighted by Gasteiger charge is -2.23. The number of nitrogens with zero attached hydrogens (tertiary/aromatic N) is 2. The first-order valence-corrected chi connectivity index (χ1v) is 7.14. The van der Waals surface area contributed by atoms with Crippen molar-refractivity contribution < 1.29 is 9.26 Å². The van der Waals surface area contributed by atoms with Crippen LogP contribution in [0.2, 0.25) is 0 Å². The third-order valence-corrected chi connectivity index (χ3v) is 3.74. The quantitative estimate of drug-likeness (QED) is 0.644. The van der Waals surface area contributed by atoms with Crippen molar-refractivity contribution in [1.29, 1.82) is 0 Å². The molecular weight excluding hydrogens is 256 g/mol. The van der Waals surface area contributed by atoms with Crippen LogP contribution in [-0.4, -0.2) is 37.9 Å². The molecule has 2 heterocycles. The highest BCUT2D eigenvalue weighted by Gasteiger charge is 2.14. The van der Waals surface area contributed by atoms with Gasteiger partial charge >= 0.3 is 0 Å². The van der Waals surface area contributed by atoms with Crippen LogP contribution < -0.4 is 10.6 Å². The number of rotatable bonds is 4. The Labute approximate surface area is 120 Å². The van der Waals surface area contributed by atoms with Gasteiger partial charge in [0.05, 0.1) is 5.69 Å². The van der Waals surface area contributed by atoms with E-state index in [2.05, 4.69) is 20.8 Å². The molecule has 112 valence electrons. The smallest absolute Gasteiger partial charge is 0.191 e. The molecule has 2 rings (SSSR count). The summed E-state index contributed by atoms with van der Waals surface area (Å²) in [4.78, 5) is 4.24. The van der Waals surface area contributed by atoms with Gasteiger partial charge in [-0.25, -0.2) is 0 Å². The van der Waals surface area contributed by atoms with Crippen LogP contribution in [0.5, 0.6) is 0 Å². The normalized spacial score (nSPS) is 17.2. The molecule has 0 spiro atoms. The van der Waals surface area contributed by atoms with E-state index in [9.17, 15) is 0 Å². The van der Waals surface area contributed by atoms with Gasteiger partial charge in [0.1, 0.15) is 5.76 Å². The van der Waals surface area contributed by atoms with Crippen molar-refractivity contribution in [3.63, 3.8) is 0 Å². The fraction of sp³-hybridized carbons (Fsp3) is 0.714. The van der Waals surface area contributed by atoms with Gasteiger partial charge in [0.25, 0.3) is 0 Å².